The predicted octanol–water partition coefficient (Wildman–Crippen LogP) is 13.5. The highest BCUT2D eigenvalue weighted by Gasteiger charge is 2.54. The van der Waals surface area contributed by atoms with Crippen molar-refractivity contribution < 1.29 is 0 Å². The molecule has 1 unspecified atom stereocenters. The first-order valence-electron chi connectivity index (χ1n) is 19.1. The summed E-state index contributed by atoms with van der Waals surface area (Å²) >= 11 is 0. The van der Waals surface area contributed by atoms with Crippen LogP contribution in [-0.4, -0.2) is 11.6 Å². The molecule has 3 aliphatic rings. The number of nitrogens with zero attached hydrogens (tertiary/aromatic N) is 2. The molecule has 0 N–H and O–H groups in total. The highest BCUT2D eigenvalue weighted by atomic mass is 15.5. The van der Waals surface area contributed by atoms with Crippen LogP contribution in [0.5, 0.6) is 0 Å². The molecule has 0 radical (unpaired) electrons. The van der Waals surface area contributed by atoms with Gasteiger partial charge in [-0.2, -0.15) is 0 Å². The molecule has 1 aliphatic heterocycles. The zero-order valence-corrected chi connectivity index (χ0v) is 29.9. The third-order valence-corrected chi connectivity index (χ3v) is 12.6. The Labute approximate surface area is 314 Å². The molecule has 54 heavy (non-hydrogen) atoms. The molecule has 1 heterocycles. The van der Waals surface area contributed by atoms with Gasteiger partial charge in [0, 0.05) is 6.04 Å². The van der Waals surface area contributed by atoms with Gasteiger partial charge in [-0.05, 0) is 112 Å². The summed E-state index contributed by atoms with van der Waals surface area (Å²) in [5.74, 6) is 0. The van der Waals surface area contributed by atoms with Gasteiger partial charge in [-0.25, -0.2) is 0 Å². The highest BCUT2D eigenvalue weighted by molar-refractivity contribution is 6.22. The van der Waals surface area contributed by atoms with Crippen LogP contribution in [-0.2, 0) is 5.41 Å². The molecule has 2 nitrogen and oxygen atoms in total. The van der Waals surface area contributed by atoms with E-state index in [0.29, 0.717) is 0 Å². The molecule has 12 rings (SSSR count). The molecule has 0 saturated heterocycles. The minimum Gasteiger partial charge on any atom is -0.619 e. The molecule has 9 aromatic rings. The molecular weight excluding hydrogens is 653 g/mol. The normalized spacial score (nSPS) is 16.0. The van der Waals surface area contributed by atoms with E-state index >= 15 is 0 Å². The van der Waals surface area contributed by atoms with Gasteiger partial charge in [0.15, 0.2) is 0 Å². The molecule has 0 fully saturated rings. The van der Waals surface area contributed by atoms with E-state index in [2.05, 4.69) is 188 Å². The van der Waals surface area contributed by atoms with Gasteiger partial charge in [-0.1, -0.05) is 177 Å². The molecule has 0 aromatic heterocycles. The summed E-state index contributed by atoms with van der Waals surface area (Å²) in [7, 11) is 0. The zero-order chi connectivity index (χ0) is 35.5. The third-order valence-electron chi connectivity index (χ3n) is 12.6. The fraction of sp³-hybridized carbons (Fsp3) is 0.0769. The van der Waals surface area contributed by atoms with Crippen LogP contribution in [0.25, 0.3) is 71.1 Å². The summed E-state index contributed by atoms with van der Waals surface area (Å²) in [5.41, 5.74) is 21.5. The van der Waals surface area contributed by atoms with Crippen LogP contribution >= 0.6 is 0 Å². The topological polar surface area (TPSA) is 17.3 Å². The van der Waals surface area contributed by atoms with Gasteiger partial charge in [-0.3, -0.25) is 0 Å². The van der Waals surface area contributed by atoms with E-state index in [1.807, 2.05) is 0 Å². The van der Waals surface area contributed by atoms with Crippen molar-refractivity contribution in [1.82, 2.24) is 5.01 Å². The molecule has 1 atom stereocenters. The second-order valence-electron chi connectivity index (χ2n) is 15.0. The summed E-state index contributed by atoms with van der Waals surface area (Å²) in [6, 6.07) is 66.2. The molecule has 0 bridgehead atoms. The van der Waals surface area contributed by atoms with Crippen molar-refractivity contribution in [3.05, 3.63) is 215 Å². The fourth-order valence-corrected chi connectivity index (χ4v) is 10.5. The number of benzene rings is 9. The number of hydrogen-bond acceptors (Lipinski definition) is 1. The minimum absolute atomic E-state index is 0.117. The first-order chi connectivity index (χ1) is 26.8. The molecule has 2 aliphatic carbocycles. The lowest BCUT2D eigenvalue weighted by molar-refractivity contribution is 0.338. The van der Waals surface area contributed by atoms with Crippen LogP contribution < -0.4 is 0 Å². The van der Waals surface area contributed by atoms with Crippen LogP contribution in [0.15, 0.2) is 176 Å². The van der Waals surface area contributed by atoms with E-state index in [1.54, 1.807) is 0 Å². The average Bonchev–Trinajstić information content (AvgIpc) is 3.88. The lowest BCUT2D eigenvalue weighted by Gasteiger charge is -2.35. The molecule has 2 heteroatoms. The first kappa shape index (κ1) is 30.0. The van der Waals surface area contributed by atoms with Crippen LogP contribution in [0, 0.1) is 0 Å². The van der Waals surface area contributed by atoms with E-state index in [0.717, 1.165) is 12.2 Å². The smallest absolute Gasteiger partial charge is 0.0737 e. The van der Waals surface area contributed by atoms with Crippen LogP contribution in [0.2, 0.25) is 0 Å². The van der Waals surface area contributed by atoms with Crippen molar-refractivity contribution >= 4 is 38.0 Å². The fourth-order valence-electron chi connectivity index (χ4n) is 10.5. The van der Waals surface area contributed by atoms with E-state index in [4.69, 9.17) is 5.43 Å². The summed E-state index contributed by atoms with van der Waals surface area (Å²) in [4.78, 5) is 0. The number of rotatable bonds is 3. The van der Waals surface area contributed by atoms with Crippen molar-refractivity contribution in [2.24, 2.45) is 0 Å². The molecule has 9 aromatic carbocycles. The SMILES string of the molecule is CCN1[N-]c2ccccc2C1c1ccc(-c2cc3c(c4ccccc24)C2(c4ccccc4-c4ccccc42)c2c-3c3ccccc3c3ccccc23)cc1. The van der Waals surface area contributed by atoms with Gasteiger partial charge in [0.25, 0.3) is 0 Å². The Morgan fingerprint density at radius 2 is 1.02 bits per heavy atom. The van der Waals surface area contributed by atoms with Gasteiger partial charge in [-0.15, -0.1) is 5.69 Å². The quantitative estimate of drug-likeness (QED) is 0.169. The summed E-state index contributed by atoms with van der Waals surface area (Å²) in [6.07, 6.45) is 0. The van der Waals surface area contributed by atoms with Gasteiger partial charge in [0.1, 0.15) is 0 Å². The van der Waals surface area contributed by atoms with E-state index in [1.165, 1.54) is 99.1 Å². The second kappa shape index (κ2) is 11.0. The number of fused-ring (bicyclic) bond motifs is 18. The molecule has 0 saturated carbocycles. The summed E-state index contributed by atoms with van der Waals surface area (Å²) < 4.78 is 0. The minimum atomic E-state index is -0.480. The summed E-state index contributed by atoms with van der Waals surface area (Å²) in [5, 5.41) is 10.1. The Balaban J connectivity index is 1.19. The van der Waals surface area contributed by atoms with Crippen molar-refractivity contribution in [3.63, 3.8) is 0 Å². The zero-order valence-electron chi connectivity index (χ0n) is 29.9. The molecular formula is C52H35N2-. The first-order valence-corrected chi connectivity index (χ1v) is 19.1. The molecule has 254 valence electrons. The maximum absolute atomic E-state index is 4.96. The van der Waals surface area contributed by atoms with Crippen molar-refractivity contribution in [2.75, 3.05) is 6.54 Å². The van der Waals surface area contributed by atoms with Crippen LogP contribution in [0.1, 0.15) is 46.3 Å². The Morgan fingerprint density at radius 1 is 0.481 bits per heavy atom. The third kappa shape index (κ3) is 3.73. The molecule has 1 spiro atoms. The largest absolute Gasteiger partial charge is 0.619 e. The van der Waals surface area contributed by atoms with Crippen LogP contribution in [0.4, 0.5) is 5.69 Å². The lowest BCUT2D eigenvalue weighted by Crippen LogP contribution is -2.26. The lowest BCUT2D eigenvalue weighted by atomic mass is 9.68. The second-order valence-corrected chi connectivity index (χ2v) is 15.0. The van der Waals surface area contributed by atoms with Gasteiger partial charge in [0.05, 0.1) is 5.41 Å². The van der Waals surface area contributed by atoms with Crippen molar-refractivity contribution in [3.8, 4) is 33.4 Å². The predicted molar refractivity (Wildman–Crippen MR) is 224 cm³/mol. The standard InChI is InChI=1S/C52H35N2/c1-2-54-51(42-23-11-14-26-47(42)53-54)33-29-27-32(28-30-33)43-31-44-48-39-20-6-3-15-34(39)35-16-4-8-22-41(35)50(48)52(49(44)40-21-7-5-17-36(40)43)45-24-12-9-18-37(45)38-19-10-13-25-46(38)52/h3-31,51H,2H2,1H3/q-1. The van der Waals surface area contributed by atoms with E-state index < -0.39 is 5.41 Å². The Kier molecular flexibility index (Phi) is 6.13. The van der Waals surface area contributed by atoms with Gasteiger partial charge >= 0.3 is 0 Å². The maximum atomic E-state index is 4.96. The number of hydrogen-bond donors (Lipinski definition) is 0. The highest BCUT2D eigenvalue weighted by Crippen LogP contribution is 2.67. The Bertz CT molecular complexity index is 2980. The van der Waals surface area contributed by atoms with Gasteiger partial charge < -0.3 is 10.4 Å². The average molecular weight is 688 g/mol. The Hall–Kier alpha value is -6.48. The van der Waals surface area contributed by atoms with E-state index in [-0.39, 0.29) is 6.04 Å². The monoisotopic (exact) mass is 687 g/mol. The summed E-state index contributed by atoms with van der Waals surface area (Å²) in [6.45, 7) is 3.04. The van der Waals surface area contributed by atoms with Crippen molar-refractivity contribution in [1.29, 1.82) is 0 Å². The van der Waals surface area contributed by atoms with Crippen LogP contribution in [0.3, 0.4) is 0 Å². The van der Waals surface area contributed by atoms with Crippen molar-refractivity contribution in [2.45, 2.75) is 18.4 Å². The Morgan fingerprint density at radius 3 is 1.70 bits per heavy atom. The van der Waals surface area contributed by atoms with E-state index in [9.17, 15) is 0 Å². The molecule has 0 amide bonds. The maximum Gasteiger partial charge on any atom is 0.0737 e. The van der Waals surface area contributed by atoms with Gasteiger partial charge in [0.2, 0.25) is 0 Å².